The van der Waals surface area contributed by atoms with Crippen molar-refractivity contribution in [2.75, 3.05) is 0 Å². The summed E-state index contributed by atoms with van der Waals surface area (Å²) < 4.78 is 0. The lowest BCUT2D eigenvalue weighted by Gasteiger charge is -2.19. The van der Waals surface area contributed by atoms with E-state index < -0.39 is 0 Å². The third kappa shape index (κ3) is 4.14. The number of hydrogen-bond acceptors (Lipinski definition) is 3. The Morgan fingerprint density at radius 2 is 2.33 bits per heavy atom. The molecule has 3 heteroatoms. The molecule has 0 aliphatic carbocycles. The molecule has 2 atom stereocenters. The SMILES string of the molecule is C=CCC(C)C(C)NCc1ncc(C)s1. The smallest absolute Gasteiger partial charge is 0.107 e. The van der Waals surface area contributed by atoms with Gasteiger partial charge in [0, 0.05) is 23.7 Å². The Morgan fingerprint density at radius 3 is 2.87 bits per heavy atom. The molecule has 0 aliphatic heterocycles. The first kappa shape index (κ1) is 12.4. The monoisotopic (exact) mass is 224 g/mol. The summed E-state index contributed by atoms with van der Waals surface area (Å²) in [6, 6.07) is 0.507. The van der Waals surface area contributed by atoms with Crippen molar-refractivity contribution in [3.8, 4) is 0 Å². The van der Waals surface area contributed by atoms with Crippen LogP contribution in [0.4, 0.5) is 0 Å². The molecule has 1 aromatic heterocycles. The van der Waals surface area contributed by atoms with Gasteiger partial charge >= 0.3 is 0 Å². The van der Waals surface area contributed by atoms with Gasteiger partial charge in [-0.1, -0.05) is 13.0 Å². The number of aromatic nitrogens is 1. The molecule has 1 N–H and O–H groups in total. The Labute approximate surface area is 96.4 Å². The summed E-state index contributed by atoms with van der Waals surface area (Å²) in [5.74, 6) is 0.628. The number of allylic oxidation sites excluding steroid dienone is 1. The van der Waals surface area contributed by atoms with E-state index in [1.165, 1.54) is 9.88 Å². The lowest BCUT2D eigenvalue weighted by atomic mass is 10.00. The maximum Gasteiger partial charge on any atom is 0.107 e. The van der Waals surface area contributed by atoms with Crippen LogP contribution in [0.25, 0.3) is 0 Å². The van der Waals surface area contributed by atoms with Gasteiger partial charge in [-0.3, -0.25) is 0 Å². The number of aryl methyl sites for hydroxylation is 1. The topological polar surface area (TPSA) is 24.9 Å². The Bertz CT molecular complexity index is 306. The zero-order chi connectivity index (χ0) is 11.3. The van der Waals surface area contributed by atoms with Crippen LogP contribution in [0, 0.1) is 12.8 Å². The fraction of sp³-hybridized carbons (Fsp3) is 0.583. The Morgan fingerprint density at radius 1 is 1.60 bits per heavy atom. The summed E-state index contributed by atoms with van der Waals surface area (Å²) in [7, 11) is 0. The molecule has 0 fully saturated rings. The van der Waals surface area contributed by atoms with E-state index in [0.717, 1.165) is 13.0 Å². The van der Waals surface area contributed by atoms with Crippen LogP contribution in [0.1, 0.15) is 30.2 Å². The number of nitrogens with one attached hydrogen (secondary N) is 1. The molecule has 0 amide bonds. The van der Waals surface area contributed by atoms with Crippen molar-refractivity contribution in [3.63, 3.8) is 0 Å². The second kappa shape index (κ2) is 6.03. The van der Waals surface area contributed by atoms with E-state index in [0.29, 0.717) is 12.0 Å². The van der Waals surface area contributed by atoms with Gasteiger partial charge in [0.1, 0.15) is 5.01 Å². The minimum Gasteiger partial charge on any atom is -0.308 e. The van der Waals surface area contributed by atoms with Crippen molar-refractivity contribution in [2.24, 2.45) is 5.92 Å². The Balaban J connectivity index is 2.33. The van der Waals surface area contributed by atoms with Gasteiger partial charge < -0.3 is 5.32 Å². The van der Waals surface area contributed by atoms with E-state index in [1.54, 1.807) is 11.3 Å². The molecular formula is C12H20N2S. The normalized spacial score (nSPS) is 14.9. The molecule has 0 spiro atoms. The zero-order valence-corrected chi connectivity index (χ0v) is 10.6. The maximum atomic E-state index is 4.33. The molecule has 2 nitrogen and oxygen atoms in total. The van der Waals surface area contributed by atoms with E-state index in [1.807, 2.05) is 12.3 Å². The minimum atomic E-state index is 0.507. The predicted molar refractivity (Wildman–Crippen MR) is 67.1 cm³/mol. The third-order valence-electron chi connectivity index (χ3n) is 2.64. The highest BCUT2D eigenvalue weighted by molar-refractivity contribution is 7.11. The fourth-order valence-electron chi connectivity index (χ4n) is 1.40. The molecule has 1 aromatic rings. The Hall–Kier alpha value is -0.670. The summed E-state index contributed by atoms with van der Waals surface area (Å²) >= 11 is 1.76. The lowest BCUT2D eigenvalue weighted by molar-refractivity contribution is 0.402. The van der Waals surface area contributed by atoms with Crippen molar-refractivity contribution in [3.05, 3.63) is 28.7 Å². The summed E-state index contributed by atoms with van der Waals surface area (Å²) in [5, 5.41) is 4.67. The van der Waals surface area contributed by atoms with Gasteiger partial charge in [0.25, 0.3) is 0 Å². The van der Waals surface area contributed by atoms with Gasteiger partial charge in [-0.25, -0.2) is 4.98 Å². The van der Waals surface area contributed by atoms with Crippen molar-refractivity contribution >= 4 is 11.3 Å². The molecular weight excluding hydrogens is 204 g/mol. The van der Waals surface area contributed by atoms with Crippen molar-refractivity contribution in [2.45, 2.75) is 39.8 Å². The number of hydrogen-bond donors (Lipinski definition) is 1. The van der Waals surface area contributed by atoms with Crippen molar-refractivity contribution in [1.29, 1.82) is 0 Å². The maximum absolute atomic E-state index is 4.33. The molecule has 0 saturated carbocycles. The fourth-order valence-corrected chi connectivity index (χ4v) is 2.14. The van der Waals surface area contributed by atoms with Crippen LogP contribution in [0.3, 0.4) is 0 Å². The summed E-state index contributed by atoms with van der Waals surface area (Å²) in [6.07, 6.45) is 4.97. The minimum absolute atomic E-state index is 0.507. The van der Waals surface area contributed by atoms with Gasteiger partial charge in [0.05, 0.1) is 0 Å². The average molecular weight is 224 g/mol. The van der Waals surface area contributed by atoms with E-state index in [4.69, 9.17) is 0 Å². The summed E-state index contributed by atoms with van der Waals surface area (Å²) in [6.45, 7) is 11.2. The van der Waals surface area contributed by atoms with Crippen LogP contribution in [-0.2, 0) is 6.54 Å². The standard InChI is InChI=1S/C12H20N2S/c1-5-6-9(2)11(4)13-8-12-14-7-10(3)15-12/h5,7,9,11,13H,1,6,8H2,2-4H3. The highest BCUT2D eigenvalue weighted by Crippen LogP contribution is 2.13. The van der Waals surface area contributed by atoms with Gasteiger partial charge in [-0.15, -0.1) is 17.9 Å². The van der Waals surface area contributed by atoms with Gasteiger partial charge in [0.2, 0.25) is 0 Å². The second-order valence-electron chi connectivity index (χ2n) is 4.04. The zero-order valence-electron chi connectivity index (χ0n) is 9.79. The average Bonchev–Trinajstić information content (AvgIpc) is 2.61. The number of nitrogens with zero attached hydrogens (tertiary/aromatic N) is 1. The van der Waals surface area contributed by atoms with Crippen molar-refractivity contribution in [1.82, 2.24) is 10.3 Å². The van der Waals surface area contributed by atoms with Crippen LogP contribution in [0.15, 0.2) is 18.9 Å². The van der Waals surface area contributed by atoms with Crippen LogP contribution in [0.2, 0.25) is 0 Å². The first-order valence-corrected chi connectivity index (χ1v) is 6.20. The highest BCUT2D eigenvalue weighted by Gasteiger charge is 2.10. The third-order valence-corrected chi connectivity index (χ3v) is 3.55. The number of thiazole rings is 1. The Kier molecular flexibility index (Phi) is 4.99. The van der Waals surface area contributed by atoms with Crippen LogP contribution in [0.5, 0.6) is 0 Å². The van der Waals surface area contributed by atoms with Crippen LogP contribution < -0.4 is 5.32 Å². The molecule has 1 rings (SSSR count). The van der Waals surface area contributed by atoms with E-state index in [9.17, 15) is 0 Å². The lowest BCUT2D eigenvalue weighted by Crippen LogP contribution is -2.31. The largest absolute Gasteiger partial charge is 0.308 e. The molecule has 1 heterocycles. The van der Waals surface area contributed by atoms with E-state index >= 15 is 0 Å². The second-order valence-corrected chi connectivity index (χ2v) is 5.36. The van der Waals surface area contributed by atoms with Crippen LogP contribution >= 0.6 is 11.3 Å². The molecule has 2 unspecified atom stereocenters. The first-order valence-electron chi connectivity index (χ1n) is 5.39. The van der Waals surface area contributed by atoms with Gasteiger partial charge in [-0.2, -0.15) is 0 Å². The molecule has 84 valence electrons. The molecule has 0 bridgehead atoms. The van der Waals surface area contributed by atoms with Crippen molar-refractivity contribution < 1.29 is 0 Å². The van der Waals surface area contributed by atoms with E-state index in [2.05, 4.69) is 37.7 Å². The first-order chi connectivity index (χ1) is 7.13. The van der Waals surface area contributed by atoms with Gasteiger partial charge in [-0.05, 0) is 26.2 Å². The molecule has 0 aliphatic rings. The van der Waals surface area contributed by atoms with Gasteiger partial charge in [0.15, 0.2) is 0 Å². The van der Waals surface area contributed by atoms with Crippen LogP contribution in [-0.4, -0.2) is 11.0 Å². The number of rotatable bonds is 6. The highest BCUT2D eigenvalue weighted by atomic mass is 32.1. The molecule has 0 radical (unpaired) electrons. The molecule has 0 saturated heterocycles. The quantitative estimate of drug-likeness (QED) is 0.751. The summed E-state index contributed by atoms with van der Waals surface area (Å²) in [4.78, 5) is 5.61. The molecule has 15 heavy (non-hydrogen) atoms. The predicted octanol–water partition coefficient (Wildman–Crippen LogP) is 3.14. The summed E-state index contributed by atoms with van der Waals surface area (Å²) in [5.41, 5.74) is 0. The van der Waals surface area contributed by atoms with E-state index in [-0.39, 0.29) is 0 Å². The molecule has 0 aromatic carbocycles.